The van der Waals surface area contributed by atoms with Crippen molar-refractivity contribution in [1.29, 1.82) is 0 Å². The first-order valence-electron chi connectivity index (χ1n) is 6.35. The summed E-state index contributed by atoms with van der Waals surface area (Å²) in [5.41, 5.74) is 2.80. The summed E-state index contributed by atoms with van der Waals surface area (Å²) in [4.78, 5) is 2.30. The van der Waals surface area contributed by atoms with Crippen molar-refractivity contribution in [3.05, 3.63) is 35.4 Å². The second-order valence-electron chi connectivity index (χ2n) is 5.16. The lowest BCUT2D eigenvalue weighted by atomic mass is 10.1. The Balaban J connectivity index is 1.79. The summed E-state index contributed by atoms with van der Waals surface area (Å²) >= 11 is 0. The molecule has 0 amide bonds. The van der Waals surface area contributed by atoms with Crippen LogP contribution in [0.3, 0.4) is 0 Å². The first-order valence-corrected chi connectivity index (χ1v) is 6.35. The first-order chi connectivity index (χ1) is 8.15. The van der Waals surface area contributed by atoms with Crippen molar-refractivity contribution < 1.29 is 5.11 Å². The molecule has 2 N–H and O–H groups in total. The highest BCUT2D eigenvalue weighted by Gasteiger charge is 2.20. The van der Waals surface area contributed by atoms with Crippen molar-refractivity contribution in [2.24, 2.45) is 0 Å². The summed E-state index contributed by atoms with van der Waals surface area (Å²) in [5.74, 6) is 0. The highest BCUT2D eigenvalue weighted by molar-refractivity contribution is 5.30. The highest BCUT2D eigenvalue weighted by atomic mass is 16.3. The number of hydrogen-bond donors (Lipinski definition) is 2. The van der Waals surface area contributed by atoms with Gasteiger partial charge in [-0.3, -0.25) is 4.90 Å². The molecule has 94 valence electrons. The number of fused-ring (bicyclic) bond motifs is 1. The van der Waals surface area contributed by atoms with E-state index >= 15 is 0 Å². The second-order valence-corrected chi connectivity index (χ2v) is 5.16. The zero-order valence-electron chi connectivity index (χ0n) is 10.7. The van der Waals surface area contributed by atoms with E-state index in [1.165, 1.54) is 11.1 Å². The molecule has 0 saturated heterocycles. The Hall–Kier alpha value is -0.900. The van der Waals surface area contributed by atoms with Crippen LogP contribution in [0.1, 0.15) is 25.0 Å². The third kappa shape index (κ3) is 3.53. The summed E-state index contributed by atoms with van der Waals surface area (Å²) in [6.07, 6.45) is -0.285. The Morgan fingerprint density at radius 1 is 1.24 bits per heavy atom. The Bertz CT molecular complexity index is 340. The standard InChI is InChI=1S/C14H22N2O/c1-11(2)15-7-14(17)10-16-8-12-5-3-4-6-13(12)9-16/h3-6,11,14-15,17H,7-10H2,1-2H3. The smallest absolute Gasteiger partial charge is 0.0791 e. The van der Waals surface area contributed by atoms with Gasteiger partial charge in [-0.2, -0.15) is 0 Å². The minimum absolute atomic E-state index is 0.285. The highest BCUT2D eigenvalue weighted by Crippen LogP contribution is 2.21. The van der Waals surface area contributed by atoms with Crippen LogP contribution < -0.4 is 5.32 Å². The zero-order chi connectivity index (χ0) is 12.3. The molecular weight excluding hydrogens is 212 g/mol. The van der Waals surface area contributed by atoms with Gasteiger partial charge in [0.25, 0.3) is 0 Å². The van der Waals surface area contributed by atoms with E-state index in [4.69, 9.17) is 0 Å². The van der Waals surface area contributed by atoms with Gasteiger partial charge >= 0.3 is 0 Å². The van der Waals surface area contributed by atoms with Crippen LogP contribution in [0.2, 0.25) is 0 Å². The number of β-amino-alcohol motifs (C(OH)–C–C–N with tert-alkyl or cyclic N) is 1. The molecule has 0 fully saturated rings. The van der Waals surface area contributed by atoms with Gasteiger partial charge in [0.1, 0.15) is 0 Å². The van der Waals surface area contributed by atoms with E-state index in [-0.39, 0.29) is 6.10 Å². The minimum Gasteiger partial charge on any atom is -0.390 e. The van der Waals surface area contributed by atoms with Crippen LogP contribution >= 0.6 is 0 Å². The van der Waals surface area contributed by atoms with Crippen LogP contribution in [0.15, 0.2) is 24.3 Å². The molecule has 3 heteroatoms. The first kappa shape index (κ1) is 12.6. The average molecular weight is 234 g/mol. The van der Waals surface area contributed by atoms with Crippen molar-refractivity contribution in [1.82, 2.24) is 10.2 Å². The molecule has 3 nitrogen and oxygen atoms in total. The Kier molecular flexibility index (Phi) is 4.15. The minimum atomic E-state index is -0.285. The Morgan fingerprint density at radius 2 is 1.82 bits per heavy atom. The monoisotopic (exact) mass is 234 g/mol. The van der Waals surface area contributed by atoms with Gasteiger partial charge < -0.3 is 10.4 Å². The molecule has 1 aliphatic rings. The maximum atomic E-state index is 9.93. The lowest BCUT2D eigenvalue weighted by Crippen LogP contribution is -2.38. The van der Waals surface area contributed by atoms with Crippen LogP contribution in [0.4, 0.5) is 0 Å². The van der Waals surface area contributed by atoms with Crippen LogP contribution in [-0.2, 0) is 13.1 Å². The van der Waals surface area contributed by atoms with Crippen molar-refractivity contribution in [2.75, 3.05) is 13.1 Å². The van der Waals surface area contributed by atoms with Crippen molar-refractivity contribution in [3.63, 3.8) is 0 Å². The molecule has 2 rings (SSSR count). The number of aliphatic hydroxyl groups is 1. The number of hydrogen-bond acceptors (Lipinski definition) is 3. The third-order valence-electron chi connectivity index (χ3n) is 3.14. The predicted octanol–water partition coefficient (Wildman–Crippen LogP) is 1.36. The van der Waals surface area contributed by atoms with E-state index in [2.05, 4.69) is 48.3 Å². The van der Waals surface area contributed by atoms with Gasteiger partial charge in [-0.15, -0.1) is 0 Å². The second kappa shape index (κ2) is 5.63. The Labute approximate surface area is 103 Å². The number of benzene rings is 1. The Morgan fingerprint density at radius 3 is 2.35 bits per heavy atom. The summed E-state index contributed by atoms with van der Waals surface area (Å²) in [5, 5.41) is 13.2. The summed E-state index contributed by atoms with van der Waals surface area (Å²) in [6, 6.07) is 8.95. The van der Waals surface area contributed by atoms with Crippen molar-refractivity contribution in [3.8, 4) is 0 Å². The molecule has 0 spiro atoms. The van der Waals surface area contributed by atoms with Crippen molar-refractivity contribution >= 4 is 0 Å². The summed E-state index contributed by atoms with van der Waals surface area (Å²) in [7, 11) is 0. The molecule has 0 aromatic heterocycles. The van der Waals surface area contributed by atoms with Gasteiger partial charge in [0.15, 0.2) is 0 Å². The molecule has 1 unspecified atom stereocenters. The molecular formula is C14H22N2O. The molecule has 0 saturated carbocycles. The van der Waals surface area contributed by atoms with Crippen LogP contribution in [-0.4, -0.2) is 35.2 Å². The number of aliphatic hydroxyl groups excluding tert-OH is 1. The average Bonchev–Trinajstić information content (AvgIpc) is 2.68. The number of rotatable bonds is 5. The zero-order valence-corrected chi connectivity index (χ0v) is 10.7. The van der Waals surface area contributed by atoms with E-state index < -0.39 is 0 Å². The van der Waals surface area contributed by atoms with Gasteiger partial charge in [-0.1, -0.05) is 38.1 Å². The topological polar surface area (TPSA) is 35.5 Å². The fourth-order valence-electron chi connectivity index (χ4n) is 2.27. The molecule has 0 bridgehead atoms. The fourth-order valence-corrected chi connectivity index (χ4v) is 2.27. The quantitative estimate of drug-likeness (QED) is 0.807. The molecule has 0 aliphatic carbocycles. The molecule has 1 aromatic carbocycles. The van der Waals surface area contributed by atoms with Crippen LogP contribution in [0, 0.1) is 0 Å². The maximum absolute atomic E-state index is 9.93. The van der Waals surface area contributed by atoms with E-state index in [9.17, 15) is 5.11 Å². The van der Waals surface area contributed by atoms with Gasteiger partial charge in [-0.25, -0.2) is 0 Å². The summed E-state index contributed by atoms with van der Waals surface area (Å²) in [6.45, 7) is 7.54. The van der Waals surface area contributed by atoms with Gasteiger partial charge in [0, 0.05) is 32.2 Å². The normalized spacial score (nSPS) is 17.4. The van der Waals surface area contributed by atoms with E-state index in [0.29, 0.717) is 12.6 Å². The van der Waals surface area contributed by atoms with Crippen molar-refractivity contribution in [2.45, 2.75) is 39.1 Å². The van der Waals surface area contributed by atoms with Crippen LogP contribution in [0.5, 0.6) is 0 Å². The molecule has 1 heterocycles. The lowest BCUT2D eigenvalue weighted by molar-refractivity contribution is 0.109. The van der Waals surface area contributed by atoms with Gasteiger partial charge in [0.05, 0.1) is 6.10 Å². The fraction of sp³-hybridized carbons (Fsp3) is 0.571. The van der Waals surface area contributed by atoms with E-state index in [1.807, 2.05) is 0 Å². The van der Waals surface area contributed by atoms with Gasteiger partial charge in [-0.05, 0) is 11.1 Å². The molecule has 17 heavy (non-hydrogen) atoms. The summed E-state index contributed by atoms with van der Waals surface area (Å²) < 4.78 is 0. The third-order valence-corrected chi connectivity index (χ3v) is 3.14. The molecule has 1 aromatic rings. The molecule has 1 atom stereocenters. The lowest BCUT2D eigenvalue weighted by Gasteiger charge is -2.20. The number of nitrogens with zero attached hydrogens (tertiary/aromatic N) is 1. The van der Waals surface area contributed by atoms with E-state index in [0.717, 1.165) is 19.6 Å². The molecule has 0 radical (unpaired) electrons. The maximum Gasteiger partial charge on any atom is 0.0791 e. The molecule has 1 aliphatic heterocycles. The van der Waals surface area contributed by atoms with Gasteiger partial charge in [0.2, 0.25) is 0 Å². The SMILES string of the molecule is CC(C)NCC(O)CN1Cc2ccccc2C1. The largest absolute Gasteiger partial charge is 0.390 e. The predicted molar refractivity (Wildman–Crippen MR) is 69.7 cm³/mol. The number of nitrogens with one attached hydrogen (secondary N) is 1. The van der Waals surface area contributed by atoms with E-state index in [1.54, 1.807) is 0 Å². The van der Waals surface area contributed by atoms with Crippen LogP contribution in [0.25, 0.3) is 0 Å².